The predicted octanol–water partition coefficient (Wildman–Crippen LogP) is 2.60. The van der Waals surface area contributed by atoms with Gasteiger partial charge in [-0.1, -0.05) is 0 Å². The van der Waals surface area contributed by atoms with Crippen LogP contribution in [-0.2, 0) is 13.1 Å². The Labute approximate surface area is 108 Å². The third-order valence-electron chi connectivity index (χ3n) is 2.93. The highest BCUT2D eigenvalue weighted by atomic mass is 15.3. The van der Waals surface area contributed by atoms with Crippen molar-refractivity contribution >= 4 is 5.69 Å². The first-order valence-corrected chi connectivity index (χ1v) is 6.42. The molecule has 2 rings (SSSR count). The highest BCUT2D eigenvalue weighted by Crippen LogP contribution is 2.16. The zero-order valence-corrected chi connectivity index (χ0v) is 11.5. The average Bonchev–Trinajstić information content (AvgIpc) is 2.93. The maximum absolute atomic E-state index is 4.47. The van der Waals surface area contributed by atoms with E-state index >= 15 is 0 Å². The molecule has 2 aromatic heterocycles. The summed E-state index contributed by atoms with van der Waals surface area (Å²) < 4.78 is 3.91. The van der Waals surface area contributed by atoms with Gasteiger partial charge < -0.3 is 5.32 Å². The van der Waals surface area contributed by atoms with Gasteiger partial charge in [0.2, 0.25) is 0 Å². The predicted molar refractivity (Wildman–Crippen MR) is 72.6 cm³/mol. The molecule has 0 aliphatic heterocycles. The molecule has 5 nitrogen and oxygen atoms in total. The molecule has 98 valence electrons. The largest absolute Gasteiger partial charge is 0.377 e. The Bertz CT molecular complexity index is 509. The Hall–Kier alpha value is -1.78. The summed E-state index contributed by atoms with van der Waals surface area (Å²) in [6.45, 7) is 9.99. The van der Waals surface area contributed by atoms with E-state index in [4.69, 9.17) is 0 Å². The molecule has 5 heteroatoms. The van der Waals surface area contributed by atoms with E-state index in [0.717, 1.165) is 30.2 Å². The van der Waals surface area contributed by atoms with Gasteiger partial charge in [0.05, 0.1) is 23.6 Å². The molecule has 0 radical (unpaired) electrons. The Balaban J connectivity index is 2.01. The average molecular weight is 247 g/mol. The minimum Gasteiger partial charge on any atom is -0.377 e. The Morgan fingerprint density at radius 1 is 1.33 bits per heavy atom. The minimum atomic E-state index is 0.388. The van der Waals surface area contributed by atoms with E-state index in [1.54, 1.807) is 0 Å². The summed E-state index contributed by atoms with van der Waals surface area (Å²) in [4.78, 5) is 0. The van der Waals surface area contributed by atoms with Crippen LogP contribution in [0.3, 0.4) is 0 Å². The molecule has 0 aliphatic rings. The van der Waals surface area contributed by atoms with Crippen molar-refractivity contribution in [3.05, 3.63) is 29.8 Å². The Morgan fingerprint density at radius 2 is 2.11 bits per heavy atom. The molecule has 0 bridgehead atoms. The van der Waals surface area contributed by atoms with Crippen LogP contribution < -0.4 is 5.32 Å². The number of hydrogen-bond donors (Lipinski definition) is 1. The third-order valence-corrected chi connectivity index (χ3v) is 2.93. The van der Waals surface area contributed by atoms with E-state index in [-0.39, 0.29) is 0 Å². The van der Waals surface area contributed by atoms with Crippen molar-refractivity contribution in [3.63, 3.8) is 0 Å². The second kappa shape index (κ2) is 5.25. The lowest BCUT2D eigenvalue weighted by Crippen LogP contribution is -2.02. The maximum atomic E-state index is 4.47. The van der Waals surface area contributed by atoms with Crippen LogP contribution in [0.25, 0.3) is 0 Å². The molecule has 0 saturated carbocycles. The van der Waals surface area contributed by atoms with Gasteiger partial charge in [0.25, 0.3) is 0 Å². The van der Waals surface area contributed by atoms with E-state index in [2.05, 4.69) is 42.5 Å². The zero-order chi connectivity index (χ0) is 13.1. The highest BCUT2D eigenvalue weighted by Gasteiger charge is 2.07. The molecule has 0 fully saturated rings. The molecule has 2 heterocycles. The van der Waals surface area contributed by atoms with E-state index in [9.17, 15) is 0 Å². The number of hydrogen-bond acceptors (Lipinski definition) is 3. The summed E-state index contributed by atoms with van der Waals surface area (Å²) >= 11 is 0. The fraction of sp³-hybridized carbons (Fsp3) is 0.538. The molecule has 2 aromatic rings. The van der Waals surface area contributed by atoms with Crippen LogP contribution in [0.2, 0.25) is 0 Å². The summed E-state index contributed by atoms with van der Waals surface area (Å²) in [5, 5.41) is 12.3. The summed E-state index contributed by atoms with van der Waals surface area (Å²) in [5.74, 6) is 0. The van der Waals surface area contributed by atoms with Gasteiger partial charge in [-0.15, -0.1) is 0 Å². The summed E-state index contributed by atoms with van der Waals surface area (Å²) in [5.41, 5.74) is 3.15. The van der Waals surface area contributed by atoms with Crippen molar-refractivity contribution in [3.8, 4) is 0 Å². The van der Waals surface area contributed by atoms with Gasteiger partial charge in [0.1, 0.15) is 0 Å². The molecule has 0 spiro atoms. The summed E-state index contributed by atoms with van der Waals surface area (Å²) in [7, 11) is 0. The second-order valence-corrected chi connectivity index (χ2v) is 4.72. The number of nitrogens with zero attached hydrogens (tertiary/aromatic N) is 4. The van der Waals surface area contributed by atoms with E-state index in [1.165, 1.54) is 0 Å². The van der Waals surface area contributed by atoms with Crippen LogP contribution in [0, 0.1) is 6.92 Å². The molecule has 0 atom stereocenters. The first kappa shape index (κ1) is 12.7. The van der Waals surface area contributed by atoms with Crippen LogP contribution in [0.1, 0.15) is 38.2 Å². The van der Waals surface area contributed by atoms with Crippen LogP contribution >= 0.6 is 0 Å². The normalized spacial score (nSPS) is 11.2. The fourth-order valence-electron chi connectivity index (χ4n) is 1.78. The van der Waals surface area contributed by atoms with Crippen LogP contribution in [-0.4, -0.2) is 19.6 Å². The quantitative estimate of drug-likeness (QED) is 0.883. The highest BCUT2D eigenvalue weighted by molar-refractivity contribution is 5.45. The lowest BCUT2D eigenvalue weighted by atomic mass is 10.3. The van der Waals surface area contributed by atoms with Crippen LogP contribution in [0.15, 0.2) is 18.5 Å². The number of aryl methyl sites for hydroxylation is 2. The van der Waals surface area contributed by atoms with Crippen molar-refractivity contribution in [2.45, 2.75) is 46.8 Å². The standard InChI is InChI=1S/C13H21N5/c1-5-17-7-6-12(16-17)8-14-13-9-18(10(2)3)15-11(13)4/h6-7,9-10,14H,5,8H2,1-4H3. The second-order valence-electron chi connectivity index (χ2n) is 4.72. The van der Waals surface area contributed by atoms with Crippen LogP contribution in [0.5, 0.6) is 0 Å². The number of nitrogens with one attached hydrogen (secondary N) is 1. The van der Waals surface area contributed by atoms with E-state index < -0.39 is 0 Å². The van der Waals surface area contributed by atoms with Gasteiger partial charge in [0, 0.05) is 25.0 Å². The first-order chi connectivity index (χ1) is 8.60. The van der Waals surface area contributed by atoms with Crippen molar-refractivity contribution < 1.29 is 0 Å². The van der Waals surface area contributed by atoms with Gasteiger partial charge in [-0.05, 0) is 33.8 Å². The van der Waals surface area contributed by atoms with E-state index in [0.29, 0.717) is 6.04 Å². The lowest BCUT2D eigenvalue weighted by Gasteiger charge is -2.03. The lowest BCUT2D eigenvalue weighted by molar-refractivity contribution is 0.529. The van der Waals surface area contributed by atoms with Crippen LogP contribution in [0.4, 0.5) is 5.69 Å². The topological polar surface area (TPSA) is 47.7 Å². The summed E-state index contributed by atoms with van der Waals surface area (Å²) in [6.07, 6.45) is 4.05. The molecule has 0 saturated heterocycles. The smallest absolute Gasteiger partial charge is 0.0825 e. The number of anilines is 1. The van der Waals surface area contributed by atoms with Gasteiger partial charge in [-0.25, -0.2) is 0 Å². The maximum Gasteiger partial charge on any atom is 0.0825 e. The minimum absolute atomic E-state index is 0.388. The Kier molecular flexibility index (Phi) is 3.69. The van der Waals surface area contributed by atoms with E-state index in [1.807, 2.05) is 28.6 Å². The SMILES string of the molecule is CCn1ccc(CNc2cn(C(C)C)nc2C)n1. The monoisotopic (exact) mass is 247 g/mol. The van der Waals surface area contributed by atoms with Gasteiger partial charge in [-0.3, -0.25) is 9.36 Å². The molecule has 0 unspecified atom stereocenters. The Morgan fingerprint density at radius 3 is 2.67 bits per heavy atom. The molecule has 0 aliphatic carbocycles. The van der Waals surface area contributed by atoms with Crippen molar-refractivity contribution in [2.75, 3.05) is 5.32 Å². The van der Waals surface area contributed by atoms with Crippen molar-refractivity contribution in [1.29, 1.82) is 0 Å². The first-order valence-electron chi connectivity index (χ1n) is 6.42. The summed E-state index contributed by atoms with van der Waals surface area (Å²) in [6, 6.07) is 2.43. The molecule has 0 amide bonds. The van der Waals surface area contributed by atoms with Crippen molar-refractivity contribution in [1.82, 2.24) is 19.6 Å². The molecular formula is C13H21N5. The fourth-order valence-corrected chi connectivity index (χ4v) is 1.78. The molecule has 1 N–H and O–H groups in total. The third kappa shape index (κ3) is 2.72. The van der Waals surface area contributed by atoms with Gasteiger partial charge in [0.15, 0.2) is 0 Å². The molecule has 0 aromatic carbocycles. The number of aromatic nitrogens is 4. The van der Waals surface area contributed by atoms with Gasteiger partial charge in [-0.2, -0.15) is 10.2 Å². The van der Waals surface area contributed by atoms with Crippen molar-refractivity contribution in [2.24, 2.45) is 0 Å². The van der Waals surface area contributed by atoms with Gasteiger partial charge >= 0.3 is 0 Å². The number of rotatable bonds is 5. The zero-order valence-electron chi connectivity index (χ0n) is 11.5. The molecular weight excluding hydrogens is 226 g/mol. The molecule has 18 heavy (non-hydrogen) atoms.